The molecule has 1 fully saturated rings. The first-order valence-electron chi connectivity index (χ1n) is 11.1. The van der Waals surface area contributed by atoms with E-state index in [0.717, 1.165) is 53.9 Å². The molecule has 168 valence electrons. The Bertz CT molecular complexity index is 1290. The summed E-state index contributed by atoms with van der Waals surface area (Å²) >= 11 is 0. The molecule has 1 saturated heterocycles. The van der Waals surface area contributed by atoms with Gasteiger partial charge in [-0.15, -0.1) is 10.2 Å². The van der Waals surface area contributed by atoms with E-state index in [0.29, 0.717) is 18.2 Å². The van der Waals surface area contributed by atoms with Gasteiger partial charge in [-0.3, -0.25) is 14.8 Å². The van der Waals surface area contributed by atoms with Crippen LogP contribution in [0.5, 0.6) is 0 Å². The Kier molecular flexibility index (Phi) is 5.70. The first-order chi connectivity index (χ1) is 16.1. The molecular formula is C24H25N7O2. The topological polar surface area (TPSA) is 102 Å². The summed E-state index contributed by atoms with van der Waals surface area (Å²) in [5.74, 6) is 0.897. The quantitative estimate of drug-likeness (QED) is 0.358. The molecule has 0 atom stereocenters. The van der Waals surface area contributed by atoms with Crippen LogP contribution in [0.2, 0.25) is 0 Å². The highest BCUT2D eigenvalue weighted by Crippen LogP contribution is 2.32. The number of hydrogen-bond donors (Lipinski definition) is 1. The number of benzene rings is 2. The van der Waals surface area contributed by atoms with Crippen molar-refractivity contribution in [2.24, 2.45) is 7.05 Å². The Balaban J connectivity index is 1.30. The molecule has 0 spiro atoms. The summed E-state index contributed by atoms with van der Waals surface area (Å²) in [5, 5.41) is 30.3. The van der Waals surface area contributed by atoms with Gasteiger partial charge in [-0.1, -0.05) is 42.5 Å². The van der Waals surface area contributed by atoms with Gasteiger partial charge < -0.3 is 10.2 Å². The largest absolute Gasteiger partial charge is 0.354 e. The third-order valence-electron chi connectivity index (χ3n) is 6.30. The Hall–Kier alpha value is -3.85. The molecular weight excluding hydrogens is 418 g/mol. The molecule has 1 N–H and O–H groups in total. The van der Waals surface area contributed by atoms with Gasteiger partial charge in [0.25, 0.3) is 5.69 Å². The lowest BCUT2D eigenvalue weighted by Gasteiger charge is -2.33. The van der Waals surface area contributed by atoms with E-state index >= 15 is 0 Å². The highest BCUT2D eigenvalue weighted by Gasteiger charge is 2.24. The molecule has 1 aliphatic rings. The van der Waals surface area contributed by atoms with Crippen molar-refractivity contribution >= 4 is 22.3 Å². The number of piperidine rings is 1. The number of para-hydroxylation sites is 1. The van der Waals surface area contributed by atoms with Crippen LogP contribution in [0.25, 0.3) is 22.2 Å². The molecule has 0 amide bonds. The van der Waals surface area contributed by atoms with Gasteiger partial charge >= 0.3 is 0 Å². The van der Waals surface area contributed by atoms with E-state index < -0.39 is 0 Å². The first kappa shape index (κ1) is 21.0. The molecule has 3 heterocycles. The fraction of sp³-hybridized carbons (Fsp3) is 0.292. The van der Waals surface area contributed by atoms with Crippen LogP contribution >= 0.6 is 0 Å². The van der Waals surface area contributed by atoms with Gasteiger partial charge in [0.05, 0.1) is 10.6 Å². The molecule has 1 aliphatic heterocycles. The average Bonchev–Trinajstić information content (AvgIpc) is 3.28. The number of aromatic nitrogens is 4. The summed E-state index contributed by atoms with van der Waals surface area (Å²) in [6.45, 7) is 2.18. The number of anilines is 1. The first-order valence-corrected chi connectivity index (χ1v) is 11.1. The molecule has 5 rings (SSSR count). The average molecular weight is 444 g/mol. The molecule has 4 aromatic rings. The minimum Gasteiger partial charge on any atom is -0.354 e. The maximum Gasteiger partial charge on any atom is 0.273 e. The van der Waals surface area contributed by atoms with E-state index in [1.165, 1.54) is 0 Å². The number of nitrogens with zero attached hydrogens (tertiary/aromatic N) is 6. The van der Waals surface area contributed by atoms with Gasteiger partial charge in [-0.05, 0) is 18.9 Å². The fourth-order valence-electron chi connectivity index (χ4n) is 4.51. The van der Waals surface area contributed by atoms with Crippen LogP contribution in [0.3, 0.4) is 0 Å². The van der Waals surface area contributed by atoms with Crippen molar-refractivity contribution in [3.8, 4) is 11.4 Å². The van der Waals surface area contributed by atoms with Gasteiger partial charge in [0.1, 0.15) is 5.69 Å². The van der Waals surface area contributed by atoms with Crippen LogP contribution in [0.1, 0.15) is 18.4 Å². The third-order valence-corrected chi connectivity index (χ3v) is 6.30. The van der Waals surface area contributed by atoms with E-state index in [9.17, 15) is 10.1 Å². The van der Waals surface area contributed by atoms with Crippen LogP contribution in [0, 0.1) is 10.1 Å². The van der Waals surface area contributed by atoms with Crippen molar-refractivity contribution in [2.75, 3.05) is 18.0 Å². The number of aryl methyl sites for hydroxylation is 1. The van der Waals surface area contributed by atoms with Crippen molar-refractivity contribution in [1.82, 2.24) is 25.3 Å². The normalized spacial score (nSPS) is 14.6. The minimum atomic E-state index is -0.321. The van der Waals surface area contributed by atoms with Crippen molar-refractivity contribution in [3.63, 3.8) is 0 Å². The molecule has 0 unspecified atom stereocenters. The van der Waals surface area contributed by atoms with Gasteiger partial charge in [-0.2, -0.15) is 5.10 Å². The van der Waals surface area contributed by atoms with Crippen molar-refractivity contribution in [1.29, 1.82) is 0 Å². The highest BCUT2D eigenvalue weighted by molar-refractivity contribution is 5.99. The second kappa shape index (κ2) is 8.95. The predicted octanol–water partition coefficient (Wildman–Crippen LogP) is 3.70. The second-order valence-electron chi connectivity index (χ2n) is 8.29. The van der Waals surface area contributed by atoms with Crippen LogP contribution < -0.4 is 10.2 Å². The van der Waals surface area contributed by atoms with Crippen LogP contribution in [0.15, 0.2) is 60.8 Å². The van der Waals surface area contributed by atoms with Crippen molar-refractivity contribution < 1.29 is 4.92 Å². The van der Waals surface area contributed by atoms with Gasteiger partial charge in [0.2, 0.25) is 0 Å². The summed E-state index contributed by atoms with van der Waals surface area (Å²) in [5.41, 5.74) is 2.64. The summed E-state index contributed by atoms with van der Waals surface area (Å²) < 4.78 is 1.81. The number of hydrogen-bond acceptors (Lipinski definition) is 7. The molecule has 9 heteroatoms. The van der Waals surface area contributed by atoms with E-state index in [2.05, 4.69) is 37.6 Å². The van der Waals surface area contributed by atoms with Gasteiger partial charge in [0.15, 0.2) is 5.82 Å². The minimum absolute atomic E-state index is 0.165. The van der Waals surface area contributed by atoms with Crippen LogP contribution in [0.4, 0.5) is 11.5 Å². The number of nitrogens with one attached hydrogen (secondary N) is 1. The Morgan fingerprint density at radius 1 is 1.03 bits per heavy atom. The SMILES string of the molecule is Cn1nccc1-c1nnc(N2CCC(NCc3ccccc3[N+](=O)[O-])CC2)c2ccccc12. The summed E-state index contributed by atoms with van der Waals surface area (Å²) in [6, 6.07) is 17.4. The van der Waals surface area contributed by atoms with E-state index in [1.807, 2.05) is 42.1 Å². The molecule has 0 bridgehead atoms. The third kappa shape index (κ3) is 4.14. The fourth-order valence-corrected chi connectivity index (χ4v) is 4.51. The molecule has 33 heavy (non-hydrogen) atoms. The maximum atomic E-state index is 11.3. The molecule has 2 aromatic carbocycles. The number of nitro groups is 1. The molecule has 0 aliphatic carbocycles. The lowest BCUT2D eigenvalue weighted by molar-refractivity contribution is -0.385. The Morgan fingerprint density at radius 3 is 2.48 bits per heavy atom. The molecule has 2 aromatic heterocycles. The standard InChI is InChI=1S/C24H25N7O2/c1-29-22(10-13-26-29)23-19-7-3-4-8-20(19)24(28-27-23)30-14-11-18(12-15-30)25-16-17-6-2-5-9-21(17)31(32)33/h2-10,13,18,25H,11-12,14-16H2,1H3. The maximum absolute atomic E-state index is 11.3. The van der Waals surface area contributed by atoms with E-state index in [-0.39, 0.29) is 10.6 Å². The zero-order valence-corrected chi connectivity index (χ0v) is 18.4. The zero-order chi connectivity index (χ0) is 22.8. The van der Waals surface area contributed by atoms with Crippen LogP contribution in [-0.4, -0.2) is 44.0 Å². The molecule has 9 nitrogen and oxygen atoms in total. The lowest BCUT2D eigenvalue weighted by Crippen LogP contribution is -2.42. The summed E-state index contributed by atoms with van der Waals surface area (Å²) in [4.78, 5) is 13.2. The van der Waals surface area contributed by atoms with E-state index in [1.54, 1.807) is 18.3 Å². The number of nitro benzene ring substituents is 1. The molecule has 0 saturated carbocycles. The van der Waals surface area contributed by atoms with Gasteiger partial charge in [0, 0.05) is 61.3 Å². The Labute approximate surface area is 191 Å². The Morgan fingerprint density at radius 2 is 1.76 bits per heavy atom. The lowest BCUT2D eigenvalue weighted by atomic mass is 10.0. The summed E-state index contributed by atoms with van der Waals surface area (Å²) in [7, 11) is 1.90. The highest BCUT2D eigenvalue weighted by atomic mass is 16.6. The van der Waals surface area contributed by atoms with Crippen molar-refractivity contribution in [2.45, 2.75) is 25.4 Å². The summed E-state index contributed by atoms with van der Waals surface area (Å²) in [6.07, 6.45) is 3.63. The zero-order valence-electron chi connectivity index (χ0n) is 18.4. The monoisotopic (exact) mass is 443 g/mol. The van der Waals surface area contributed by atoms with E-state index in [4.69, 9.17) is 0 Å². The van der Waals surface area contributed by atoms with Gasteiger partial charge in [-0.25, -0.2) is 0 Å². The second-order valence-corrected chi connectivity index (χ2v) is 8.29. The van der Waals surface area contributed by atoms with Crippen molar-refractivity contribution in [3.05, 3.63) is 76.5 Å². The smallest absolute Gasteiger partial charge is 0.273 e. The number of rotatable bonds is 6. The molecule has 0 radical (unpaired) electrons. The number of fused-ring (bicyclic) bond motifs is 1. The van der Waals surface area contributed by atoms with Crippen LogP contribution in [-0.2, 0) is 13.6 Å². The predicted molar refractivity (Wildman–Crippen MR) is 127 cm³/mol.